The summed E-state index contributed by atoms with van der Waals surface area (Å²) in [5.74, 6) is 0. The van der Waals surface area contributed by atoms with Crippen LogP contribution in [0.15, 0.2) is 29.2 Å². The first-order valence-electron chi connectivity index (χ1n) is 6.96. The van der Waals surface area contributed by atoms with Crippen LogP contribution in [-0.4, -0.2) is 48.0 Å². The average Bonchev–Trinajstić information content (AvgIpc) is 2.47. The lowest BCUT2D eigenvalue weighted by Gasteiger charge is -2.37. The third-order valence-corrected chi connectivity index (χ3v) is 5.89. The van der Waals surface area contributed by atoms with Crippen molar-refractivity contribution in [1.82, 2.24) is 4.31 Å². The molecular weight excluding hydrogens is 310 g/mol. The Morgan fingerprint density at radius 3 is 2.45 bits per heavy atom. The smallest absolute Gasteiger partial charge is 0.289 e. The Kier molecular flexibility index (Phi) is 4.81. The van der Waals surface area contributed by atoms with Crippen molar-refractivity contribution in [2.45, 2.75) is 29.8 Å². The molecule has 1 aliphatic rings. The molecule has 22 heavy (non-hydrogen) atoms. The molecule has 1 saturated heterocycles. The number of benzene rings is 1. The monoisotopic (exact) mass is 329 g/mol. The molecule has 0 unspecified atom stereocenters. The minimum absolute atomic E-state index is 0.116. The van der Waals surface area contributed by atoms with Crippen LogP contribution < -0.4 is 5.73 Å². The van der Waals surface area contributed by atoms with Crippen molar-refractivity contribution < 1.29 is 18.4 Å². The zero-order valence-corrected chi connectivity index (χ0v) is 12.8. The molecular formula is C13H19N3O5S. The lowest BCUT2D eigenvalue weighted by molar-refractivity contribution is -0.387. The summed E-state index contributed by atoms with van der Waals surface area (Å²) < 4.78 is 26.4. The summed E-state index contributed by atoms with van der Waals surface area (Å²) in [7, 11) is -3.95. The van der Waals surface area contributed by atoms with Gasteiger partial charge in [-0.3, -0.25) is 10.1 Å². The molecule has 0 aliphatic carbocycles. The van der Waals surface area contributed by atoms with E-state index in [4.69, 9.17) is 5.73 Å². The lowest BCUT2D eigenvalue weighted by Crippen LogP contribution is -2.47. The average molecular weight is 329 g/mol. The van der Waals surface area contributed by atoms with Gasteiger partial charge < -0.3 is 10.8 Å². The predicted octanol–water partition coefficient (Wildman–Crippen LogP) is 0.459. The van der Waals surface area contributed by atoms with E-state index in [1.54, 1.807) is 0 Å². The van der Waals surface area contributed by atoms with Crippen LogP contribution in [0.5, 0.6) is 0 Å². The van der Waals surface area contributed by atoms with E-state index in [-0.39, 0.29) is 30.8 Å². The van der Waals surface area contributed by atoms with Crippen LogP contribution >= 0.6 is 0 Å². The highest BCUT2D eigenvalue weighted by Gasteiger charge is 2.38. The Bertz CT molecular complexity index is 653. The fraction of sp³-hybridized carbons (Fsp3) is 0.538. The minimum Gasteiger partial charge on any atom is -0.390 e. The second-order valence-electron chi connectivity index (χ2n) is 5.39. The van der Waals surface area contributed by atoms with Gasteiger partial charge in [0.25, 0.3) is 5.69 Å². The van der Waals surface area contributed by atoms with Gasteiger partial charge in [0.2, 0.25) is 10.0 Å². The summed E-state index contributed by atoms with van der Waals surface area (Å²) >= 11 is 0. The number of para-hydroxylation sites is 1. The van der Waals surface area contributed by atoms with Crippen molar-refractivity contribution in [2.24, 2.45) is 5.73 Å². The minimum atomic E-state index is -3.95. The molecule has 1 aromatic carbocycles. The van der Waals surface area contributed by atoms with Gasteiger partial charge in [-0.25, -0.2) is 8.42 Å². The molecule has 0 bridgehead atoms. The predicted molar refractivity (Wildman–Crippen MR) is 79.7 cm³/mol. The zero-order chi connectivity index (χ0) is 16.4. The van der Waals surface area contributed by atoms with Crippen LogP contribution in [0, 0.1) is 10.1 Å². The number of nitrogens with zero attached hydrogens (tertiary/aromatic N) is 2. The molecule has 1 fully saturated rings. The topological polar surface area (TPSA) is 127 Å². The number of nitro benzene ring substituents is 1. The number of aliphatic hydroxyl groups is 1. The molecule has 0 aromatic heterocycles. The summed E-state index contributed by atoms with van der Waals surface area (Å²) in [5, 5.41) is 21.3. The Labute approximate surface area is 128 Å². The number of hydrogen-bond donors (Lipinski definition) is 2. The summed E-state index contributed by atoms with van der Waals surface area (Å²) in [6.07, 6.45) is 0.945. The maximum Gasteiger partial charge on any atom is 0.289 e. The molecule has 1 heterocycles. The van der Waals surface area contributed by atoms with E-state index in [1.807, 2.05) is 0 Å². The highest BCUT2D eigenvalue weighted by Crippen LogP contribution is 2.31. The van der Waals surface area contributed by atoms with E-state index in [9.17, 15) is 23.6 Å². The normalized spacial score (nSPS) is 19.0. The molecule has 8 nitrogen and oxygen atoms in total. The van der Waals surface area contributed by atoms with Crippen molar-refractivity contribution in [3.63, 3.8) is 0 Å². The second-order valence-corrected chi connectivity index (χ2v) is 7.30. The third-order valence-electron chi connectivity index (χ3n) is 3.94. The molecule has 1 aromatic rings. The van der Waals surface area contributed by atoms with Crippen molar-refractivity contribution >= 4 is 15.7 Å². The highest BCUT2D eigenvalue weighted by atomic mass is 32.2. The Balaban J connectivity index is 2.25. The van der Waals surface area contributed by atoms with Crippen molar-refractivity contribution in [2.75, 3.05) is 19.6 Å². The van der Waals surface area contributed by atoms with Crippen LogP contribution in [-0.2, 0) is 10.0 Å². The Morgan fingerprint density at radius 1 is 1.32 bits per heavy atom. The molecule has 0 spiro atoms. The van der Waals surface area contributed by atoms with Crippen LogP contribution in [0.4, 0.5) is 5.69 Å². The SMILES string of the molecule is NCCC1(O)CCN(S(=O)(=O)c2ccccc2[N+](=O)[O-])CC1. The molecule has 0 amide bonds. The molecule has 3 N–H and O–H groups in total. The van der Waals surface area contributed by atoms with E-state index < -0.39 is 26.2 Å². The van der Waals surface area contributed by atoms with E-state index in [0.717, 1.165) is 0 Å². The van der Waals surface area contributed by atoms with E-state index in [2.05, 4.69) is 0 Å². The molecule has 2 rings (SSSR count). The van der Waals surface area contributed by atoms with Gasteiger partial charge in [0.15, 0.2) is 4.90 Å². The first-order valence-corrected chi connectivity index (χ1v) is 8.40. The number of hydrogen-bond acceptors (Lipinski definition) is 6. The van der Waals surface area contributed by atoms with E-state index in [1.165, 1.54) is 28.6 Å². The zero-order valence-electron chi connectivity index (χ0n) is 12.0. The number of rotatable bonds is 5. The maximum absolute atomic E-state index is 12.6. The molecule has 0 saturated carbocycles. The second kappa shape index (κ2) is 6.29. The fourth-order valence-corrected chi connectivity index (χ4v) is 4.23. The number of nitrogens with two attached hydrogens (primary N) is 1. The quantitative estimate of drug-likeness (QED) is 0.597. The standard InChI is InChI=1S/C13H19N3O5S/c14-8-5-13(17)6-9-15(10-7-13)22(20,21)12-4-2-1-3-11(12)16(18)19/h1-4,17H,5-10,14H2. The van der Waals surface area contributed by atoms with Crippen LogP contribution in [0.3, 0.4) is 0 Å². The summed E-state index contributed by atoms with van der Waals surface area (Å²) in [5.41, 5.74) is 4.05. The molecule has 1 aliphatic heterocycles. The van der Waals surface area contributed by atoms with E-state index in [0.29, 0.717) is 13.0 Å². The van der Waals surface area contributed by atoms with Gasteiger partial charge >= 0.3 is 0 Å². The Hall–Kier alpha value is -1.55. The van der Waals surface area contributed by atoms with Gasteiger partial charge in [0.1, 0.15) is 0 Å². The number of sulfonamides is 1. The molecule has 0 atom stereocenters. The number of nitro groups is 1. The van der Waals surface area contributed by atoms with Gasteiger partial charge in [0, 0.05) is 19.2 Å². The fourth-order valence-electron chi connectivity index (χ4n) is 2.63. The van der Waals surface area contributed by atoms with Crippen LogP contribution in [0.2, 0.25) is 0 Å². The van der Waals surface area contributed by atoms with Crippen LogP contribution in [0.1, 0.15) is 19.3 Å². The summed E-state index contributed by atoms with van der Waals surface area (Å²) in [4.78, 5) is 9.99. The Morgan fingerprint density at radius 2 is 1.91 bits per heavy atom. The summed E-state index contributed by atoms with van der Waals surface area (Å²) in [6.45, 7) is 0.559. The summed E-state index contributed by atoms with van der Waals surface area (Å²) in [6, 6.07) is 5.28. The van der Waals surface area contributed by atoms with E-state index >= 15 is 0 Å². The largest absolute Gasteiger partial charge is 0.390 e. The molecule has 0 radical (unpaired) electrons. The molecule has 122 valence electrons. The highest BCUT2D eigenvalue weighted by molar-refractivity contribution is 7.89. The third kappa shape index (κ3) is 3.27. The van der Waals surface area contributed by atoms with Gasteiger partial charge in [-0.15, -0.1) is 0 Å². The van der Waals surface area contributed by atoms with Gasteiger partial charge in [-0.05, 0) is 31.9 Å². The van der Waals surface area contributed by atoms with Crippen LogP contribution in [0.25, 0.3) is 0 Å². The first-order chi connectivity index (χ1) is 10.3. The lowest BCUT2D eigenvalue weighted by atomic mass is 9.89. The van der Waals surface area contributed by atoms with Crippen molar-refractivity contribution in [3.05, 3.63) is 34.4 Å². The number of piperidine rings is 1. The van der Waals surface area contributed by atoms with Crippen molar-refractivity contribution in [3.8, 4) is 0 Å². The van der Waals surface area contributed by atoms with Crippen molar-refractivity contribution in [1.29, 1.82) is 0 Å². The molecule has 9 heteroatoms. The maximum atomic E-state index is 12.6. The van der Waals surface area contributed by atoms with Gasteiger partial charge in [-0.2, -0.15) is 4.31 Å². The van der Waals surface area contributed by atoms with Gasteiger partial charge in [-0.1, -0.05) is 12.1 Å². The van der Waals surface area contributed by atoms with Gasteiger partial charge in [0.05, 0.1) is 10.5 Å². The first kappa shape index (κ1) is 16.8.